The molecular weight excluding hydrogens is 226 g/mol. The molecule has 0 radical (unpaired) electrons. The molecule has 1 saturated heterocycles. The van der Waals surface area contributed by atoms with Crippen LogP contribution < -0.4 is 10.1 Å². The highest BCUT2D eigenvalue weighted by Gasteiger charge is 2.14. The number of benzene rings is 1. The van der Waals surface area contributed by atoms with Crippen LogP contribution in [0.3, 0.4) is 0 Å². The highest BCUT2D eigenvalue weighted by Crippen LogP contribution is 2.23. The first-order chi connectivity index (χ1) is 7.79. The van der Waals surface area contributed by atoms with E-state index >= 15 is 0 Å². The molecule has 1 aliphatic rings. The third-order valence-corrected chi connectivity index (χ3v) is 3.02. The average Bonchev–Trinajstić information content (AvgIpc) is 2.31. The molecule has 0 unspecified atom stereocenters. The number of aldehydes is 1. The number of piperidine rings is 1. The maximum absolute atomic E-state index is 10.6. The molecule has 1 heterocycles. The first kappa shape index (κ1) is 11.4. The molecule has 4 heteroatoms. The standard InChI is InChI=1S/C12H14ClNO2/c13-12-7-11(2-1-9(12)8-15)16-10-3-5-14-6-4-10/h1-2,7-8,10,14H,3-6H2. The smallest absolute Gasteiger partial charge is 0.151 e. The topological polar surface area (TPSA) is 38.3 Å². The number of carbonyl (C=O) groups is 1. The zero-order valence-electron chi connectivity index (χ0n) is 8.91. The molecule has 3 nitrogen and oxygen atoms in total. The Hall–Kier alpha value is -1.06. The Balaban J connectivity index is 2.03. The van der Waals surface area contributed by atoms with E-state index in [4.69, 9.17) is 16.3 Å². The summed E-state index contributed by atoms with van der Waals surface area (Å²) in [5.74, 6) is 0.738. The first-order valence-electron chi connectivity index (χ1n) is 5.41. The van der Waals surface area contributed by atoms with Crippen molar-refractivity contribution in [2.45, 2.75) is 18.9 Å². The third kappa shape index (κ3) is 2.74. The number of halogens is 1. The van der Waals surface area contributed by atoms with Gasteiger partial charge >= 0.3 is 0 Å². The van der Waals surface area contributed by atoms with E-state index in [1.54, 1.807) is 18.2 Å². The van der Waals surface area contributed by atoms with Crippen LogP contribution in [0, 0.1) is 0 Å². The van der Waals surface area contributed by atoms with Crippen molar-refractivity contribution in [3.63, 3.8) is 0 Å². The first-order valence-corrected chi connectivity index (χ1v) is 5.79. The van der Waals surface area contributed by atoms with Gasteiger partial charge < -0.3 is 10.1 Å². The summed E-state index contributed by atoms with van der Waals surface area (Å²) in [4.78, 5) is 10.6. The van der Waals surface area contributed by atoms with Crippen molar-refractivity contribution in [3.05, 3.63) is 28.8 Å². The van der Waals surface area contributed by atoms with Gasteiger partial charge in [0, 0.05) is 5.56 Å². The van der Waals surface area contributed by atoms with Gasteiger partial charge in [-0.2, -0.15) is 0 Å². The van der Waals surface area contributed by atoms with Crippen LogP contribution >= 0.6 is 11.6 Å². The minimum Gasteiger partial charge on any atom is -0.490 e. The molecule has 0 saturated carbocycles. The second kappa shape index (κ2) is 5.32. The molecular formula is C12H14ClNO2. The monoisotopic (exact) mass is 239 g/mol. The Kier molecular flexibility index (Phi) is 3.80. The van der Waals surface area contributed by atoms with Crippen molar-refractivity contribution >= 4 is 17.9 Å². The molecule has 1 aromatic rings. The van der Waals surface area contributed by atoms with Crippen LogP contribution in [-0.2, 0) is 0 Å². The van der Waals surface area contributed by atoms with Gasteiger partial charge in [-0.3, -0.25) is 4.79 Å². The summed E-state index contributed by atoms with van der Waals surface area (Å²) < 4.78 is 5.80. The molecule has 86 valence electrons. The summed E-state index contributed by atoms with van der Waals surface area (Å²) in [5.41, 5.74) is 0.499. The number of hydrogen-bond acceptors (Lipinski definition) is 3. The van der Waals surface area contributed by atoms with Gasteiger partial charge in [0.05, 0.1) is 5.02 Å². The quantitative estimate of drug-likeness (QED) is 0.823. The molecule has 0 bridgehead atoms. The largest absolute Gasteiger partial charge is 0.490 e. The van der Waals surface area contributed by atoms with Gasteiger partial charge in [0.25, 0.3) is 0 Å². The molecule has 0 amide bonds. The normalized spacial score (nSPS) is 17.1. The number of carbonyl (C=O) groups excluding carboxylic acids is 1. The van der Waals surface area contributed by atoms with Gasteiger partial charge in [0.2, 0.25) is 0 Å². The SMILES string of the molecule is O=Cc1ccc(OC2CCNCC2)cc1Cl. The molecule has 1 fully saturated rings. The van der Waals surface area contributed by atoms with Crippen molar-refractivity contribution in [2.24, 2.45) is 0 Å². The minimum absolute atomic E-state index is 0.249. The zero-order valence-corrected chi connectivity index (χ0v) is 9.67. The third-order valence-electron chi connectivity index (χ3n) is 2.69. The van der Waals surface area contributed by atoms with Crippen molar-refractivity contribution in [2.75, 3.05) is 13.1 Å². The molecule has 0 spiro atoms. The second-order valence-electron chi connectivity index (χ2n) is 3.87. The van der Waals surface area contributed by atoms with Crippen LogP contribution in [0.5, 0.6) is 5.75 Å². The fraction of sp³-hybridized carbons (Fsp3) is 0.417. The molecule has 1 N–H and O–H groups in total. The van der Waals surface area contributed by atoms with E-state index in [9.17, 15) is 4.79 Å². The van der Waals surface area contributed by atoms with E-state index in [0.29, 0.717) is 10.6 Å². The van der Waals surface area contributed by atoms with Gasteiger partial charge in [-0.15, -0.1) is 0 Å². The number of ether oxygens (including phenoxy) is 1. The summed E-state index contributed by atoms with van der Waals surface area (Å²) in [5, 5.41) is 3.72. The lowest BCUT2D eigenvalue weighted by Gasteiger charge is -2.23. The number of rotatable bonds is 3. The van der Waals surface area contributed by atoms with Crippen LogP contribution in [0.15, 0.2) is 18.2 Å². The summed E-state index contributed by atoms with van der Waals surface area (Å²) in [6.45, 7) is 1.98. The molecule has 0 atom stereocenters. The second-order valence-corrected chi connectivity index (χ2v) is 4.28. The van der Waals surface area contributed by atoms with Crippen LogP contribution in [0.25, 0.3) is 0 Å². The van der Waals surface area contributed by atoms with Crippen LogP contribution in [0.1, 0.15) is 23.2 Å². The van der Waals surface area contributed by atoms with Crippen molar-refractivity contribution < 1.29 is 9.53 Å². The lowest BCUT2D eigenvalue weighted by atomic mass is 10.1. The van der Waals surface area contributed by atoms with Crippen LogP contribution in [-0.4, -0.2) is 25.5 Å². The molecule has 1 aromatic carbocycles. The molecule has 0 aromatic heterocycles. The summed E-state index contributed by atoms with van der Waals surface area (Å²) in [6.07, 6.45) is 3.01. The Morgan fingerprint density at radius 2 is 2.12 bits per heavy atom. The molecule has 16 heavy (non-hydrogen) atoms. The van der Waals surface area contributed by atoms with Gasteiger partial charge in [-0.1, -0.05) is 11.6 Å². The zero-order chi connectivity index (χ0) is 11.4. The van der Waals surface area contributed by atoms with Gasteiger partial charge in [-0.05, 0) is 44.1 Å². The van der Waals surface area contributed by atoms with E-state index in [-0.39, 0.29) is 6.10 Å². The van der Waals surface area contributed by atoms with Crippen molar-refractivity contribution in [1.29, 1.82) is 0 Å². The molecule has 1 aliphatic heterocycles. The van der Waals surface area contributed by atoms with E-state index in [2.05, 4.69) is 5.32 Å². The summed E-state index contributed by atoms with van der Waals surface area (Å²) >= 11 is 5.92. The van der Waals surface area contributed by atoms with E-state index in [1.165, 1.54) is 0 Å². The maximum Gasteiger partial charge on any atom is 0.151 e. The highest BCUT2D eigenvalue weighted by atomic mass is 35.5. The molecule has 0 aliphatic carbocycles. The maximum atomic E-state index is 10.6. The van der Waals surface area contributed by atoms with E-state index < -0.39 is 0 Å². The lowest BCUT2D eigenvalue weighted by Crippen LogP contribution is -2.34. The Labute approximate surface area is 99.7 Å². The highest BCUT2D eigenvalue weighted by molar-refractivity contribution is 6.33. The number of nitrogens with one attached hydrogen (secondary N) is 1. The van der Waals surface area contributed by atoms with E-state index in [1.807, 2.05) is 0 Å². The van der Waals surface area contributed by atoms with Gasteiger partial charge in [0.15, 0.2) is 6.29 Å². The lowest BCUT2D eigenvalue weighted by molar-refractivity contribution is 0.112. The van der Waals surface area contributed by atoms with Crippen molar-refractivity contribution in [1.82, 2.24) is 5.32 Å². The fourth-order valence-electron chi connectivity index (χ4n) is 1.78. The van der Waals surface area contributed by atoms with Crippen LogP contribution in [0.2, 0.25) is 5.02 Å². The Morgan fingerprint density at radius 3 is 2.75 bits per heavy atom. The fourth-order valence-corrected chi connectivity index (χ4v) is 2.00. The average molecular weight is 240 g/mol. The van der Waals surface area contributed by atoms with Crippen molar-refractivity contribution in [3.8, 4) is 5.75 Å². The molecule has 2 rings (SSSR count). The van der Waals surface area contributed by atoms with Gasteiger partial charge in [0.1, 0.15) is 11.9 Å². The predicted molar refractivity (Wildman–Crippen MR) is 63.4 cm³/mol. The number of hydrogen-bond donors (Lipinski definition) is 1. The summed E-state index contributed by atoms with van der Waals surface area (Å²) in [7, 11) is 0. The Morgan fingerprint density at radius 1 is 1.38 bits per heavy atom. The van der Waals surface area contributed by atoms with Gasteiger partial charge in [-0.25, -0.2) is 0 Å². The summed E-state index contributed by atoms with van der Waals surface area (Å²) in [6, 6.07) is 5.18. The Bertz CT molecular complexity index is 375. The van der Waals surface area contributed by atoms with Crippen LogP contribution in [0.4, 0.5) is 0 Å². The minimum atomic E-state index is 0.249. The predicted octanol–water partition coefficient (Wildman–Crippen LogP) is 2.28. The van der Waals surface area contributed by atoms with E-state index in [0.717, 1.165) is 38.0 Å².